The van der Waals surface area contributed by atoms with Crippen molar-refractivity contribution in [1.29, 1.82) is 0 Å². The molecule has 1 heterocycles. The third-order valence-electron chi connectivity index (χ3n) is 4.88. The number of aryl methyl sites for hydroxylation is 1. The number of alkyl halides is 2. The van der Waals surface area contributed by atoms with Crippen LogP contribution < -0.4 is 20.3 Å². The third kappa shape index (κ3) is 6.45. The van der Waals surface area contributed by atoms with Crippen molar-refractivity contribution in [3.05, 3.63) is 59.7 Å². The highest BCUT2D eigenvalue weighted by Crippen LogP contribution is 2.31. The lowest BCUT2D eigenvalue weighted by Gasteiger charge is -2.22. The van der Waals surface area contributed by atoms with Gasteiger partial charge < -0.3 is 20.3 Å². The maximum atomic E-state index is 12.7. The Hall–Kier alpha value is -2.10. The summed E-state index contributed by atoms with van der Waals surface area (Å²) in [6.45, 7) is 1.39. The summed E-state index contributed by atoms with van der Waals surface area (Å²) in [5.74, 6) is 0.937. The second-order valence-corrected chi connectivity index (χ2v) is 6.77. The number of hydrogen-bond donors (Lipinski definition) is 2. The van der Waals surface area contributed by atoms with E-state index in [2.05, 4.69) is 44.3 Å². The lowest BCUT2D eigenvalue weighted by Crippen LogP contribution is -2.44. The maximum absolute atomic E-state index is 12.7. The number of nitrogens with zero attached hydrogens (tertiary/aromatic N) is 2. The second-order valence-electron chi connectivity index (χ2n) is 6.77. The molecule has 1 aliphatic heterocycles. The minimum atomic E-state index is -2.83. The number of ether oxygens (including phenoxy) is 1. The second kappa shape index (κ2) is 11.2. The van der Waals surface area contributed by atoms with Crippen LogP contribution >= 0.6 is 24.0 Å². The summed E-state index contributed by atoms with van der Waals surface area (Å²) in [7, 11) is 1.74. The predicted octanol–water partition coefficient (Wildman–Crippen LogP) is 4.16. The molecule has 158 valence electrons. The van der Waals surface area contributed by atoms with Crippen LogP contribution in [-0.2, 0) is 6.54 Å². The van der Waals surface area contributed by atoms with Crippen LogP contribution in [0.25, 0.3) is 0 Å². The molecule has 1 atom stereocenters. The molecular formula is C21H27F2IN4O. The Balaban J connectivity index is 0.00000300. The number of guanidine groups is 1. The van der Waals surface area contributed by atoms with E-state index >= 15 is 0 Å². The van der Waals surface area contributed by atoms with E-state index in [1.54, 1.807) is 19.2 Å². The van der Waals surface area contributed by atoms with E-state index in [1.807, 2.05) is 24.3 Å². The van der Waals surface area contributed by atoms with Gasteiger partial charge in [-0.15, -0.1) is 24.0 Å². The summed E-state index contributed by atoms with van der Waals surface area (Å²) in [5.41, 5.74) is 3.14. The highest BCUT2D eigenvalue weighted by Gasteiger charge is 2.26. The summed E-state index contributed by atoms with van der Waals surface area (Å²) in [6.07, 6.45) is 0.883. The van der Waals surface area contributed by atoms with Gasteiger partial charge in [0.25, 0.3) is 0 Å². The van der Waals surface area contributed by atoms with Crippen molar-refractivity contribution >= 4 is 35.6 Å². The number of rotatable bonds is 6. The zero-order chi connectivity index (χ0) is 19.9. The Kier molecular flexibility index (Phi) is 8.94. The van der Waals surface area contributed by atoms with Gasteiger partial charge >= 0.3 is 6.61 Å². The SMILES string of the molecule is CN=C(NCc1ccccc1C)NC1CCN(c2ccccc2OC(F)F)C1.I. The fraction of sp³-hybridized carbons (Fsp3) is 0.381. The van der Waals surface area contributed by atoms with Crippen LogP contribution in [0.2, 0.25) is 0 Å². The minimum Gasteiger partial charge on any atom is -0.433 e. The molecular weight excluding hydrogens is 489 g/mol. The molecule has 0 radical (unpaired) electrons. The van der Waals surface area contributed by atoms with Crippen LogP contribution in [0.4, 0.5) is 14.5 Å². The average molecular weight is 516 g/mol. The van der Waals surface area contributed by atoms with Crippen LogP contribution in [0.5, 0.6) is 5.75 Å². The first-order valence-electron chi connectivity index (χ1n) is 9.37. The normalized spacial score (nSPS) is 16.5. The molecule has 5 nitrogen and oxygen atoms in total. The van der Waals surface area contributed by atoms with Gasteiger partial charge in [0.2, 0.25) is 0 Å². The molecule has 3 rings (SSSR count). The van der Waals surface area contributed by atoms with Gasteiger partial charge in [0.1, 0.15) is 5.75 Å². The Morgan fingerprint density at radius 1 is 1.21 bits per heavy atom. The molecule has 0 bridgehead atoms. The molecule has 0 aromatic heterocycles. The summed E-state index contributed by atoms with van der Waals surface area (Å²) in [5, 5.41) is 6.77. The van der Waals surface area contributed by atoms with E-state index < -0.39 is 6.61 Å². The minimum absolute atomic E-state index is 0. The van der Waals surface area contributed by atoms with Crippen molar-refractivity contribution in [1.82, 2.24) is 10.6 Å². The zero-order valence-corrected chi connectivity index (χ0v) is 18.9. The molecule has 2 aromatic rings. The van der Waals surface area contributed by atoms with E-state index in [4.69, 9.17) is 0 Å². The molecule has 29 heavy (non-hydrogen) atoms. The quantitative estimate of drug-likeness (QED) is 0.344. The van der Waals surface area contributed by atoms with Crippen LogP contribution in [0.1, 0.15) is 17.5 Å². The molecule has 0 aliphatic carbocycles. The van der Waals surface area contributed by atoms with Crippen LogP contribution in [0.15, 0.2) is 53.5 Å². The van der Waals surface area contributed by atoms with Gasteiger partial charge in [-0.1, -0.05) is 36.4 Å². The van der Waals surface area contributed by atoms with E-state index in [9.17, 15) is 8.78 Å². The van der Waals surface area contributed by atoms with Gasteiger partial charge in [-0.05, 0) is 36.6 Å². The summed E-state index contributed by atoms with van der Waals surface area (Å²) in [6, 6.07) is 15.3. The lowest BCUT2D eigenvalue weighted by molar-refractivity contribution is -0.0495. The number of hydrogen-bond acceptors (Lipinski definition) is 3. The molecule has 0 amide bonds. The Morgan fingerprint density at radius 2 is 1.93 bits per heavy atom. The lowest BCUT2D eigenvalue weighted by atomic mass is 10.1. The van der Waals surface area contributed by atoms with E-state index in [-0.39, 0.29) is 35.8 Å². The van der Waals surface area contributed by atoms with Crippen molar-refractivity contribution in [3.8, 4) is 5.75 Å². The molecule has 1 unspecified atom stereocenters. The number of halogens is 3. The first kappa shape index (κ1) is 23.2. The smallest absolute Gasteiger partial charge is 0.387 e. The Bertz CT molecular complexity index is 819. The summed E-state index contributed by atoms with van der Waals surface area (Å²) >= 11 is 0. The van der Waals surface area contributed by atoms with Gasteiger partial charge in [-0.25, -0.2) is 0 Å². The van der Waals surface area contributed by atoms with Crippen LogP contribution in [0.3, 0.4) is 0 Å². The maximum Gasteiger partial charge on any atom is 0.387 e. The van der Waals surface area contributed by atoms with E-state index in [0.717, 1.165) is 18.9 Å². The van der Waals surface area contributed by atoms with Crippen molar-refractivity contribution in [2.24, 2.45) is 4.99 Å². The number of benzene rings is 2. The first-order valence-corrected chi connectivity index (χ1v) is 9.37. The number of nitrogens with one attached hydrogen (secondary N) is 2. The van der Waals surface area contributed by atoms with Crippen molar-refractivity contribution in [2.45, 2.75) is 32.5 Å². The van der Waals surface area contributed by atoms with E-state index in [0.29, 0.717) is 18.8 Å². The van der Waals surface area contributed by atoms with Crippen molar-refractivity contribution in [3.63, 3.8) is 0 Å². The predicted molar refractivity (Wildman–Crippen MR) is 124 cm³/mol. The monoisotopic (exact) mass is 516 g/mol. The number of para-hydroxylation sites is 2. The molecule has 1 aliphatic rings. The molecule has 2 N–H and O–H groups in total. The van der Waals surface area contributed by atoms with Gasteiger partial charge in [-0.3, -0.25) is 4.99 Å². The Labute approximate surface area is 187 Å². The van der Waals surface area contributed by atoms with Crippen molar-refractivity contribution in [2.75, 3.05) is 25.0 Å². The fourth-order valence-corrected chi connectivity index (χ4v) is 3.39. The zero-order valence-electron chi connectivity index (χ0n) is 16.6. The number of anilines is 1. The van der Waals surface area contributed by atoms with Gasteiger partial charge in [0.15, 0.2) is 5.96 Å². The average Bonchev–Trinajstić information content (AvgIpc) is 3.14. The highest BCUT2D eigenvalue weighted by molar-refractivity contribution is 14.0. The molecule has 1 saturated heterocycles. The van der Waals surface area contributed by atoms with Crippen molar-refractivity contribution < 1.29 is 13.5 Å². The van der Waals surface area contributed by atoms with Crippen LogP contribution in [0, 0.1) is 6.92 Å². The van der Waals surface area contributed by atoms with Gasteiger partial charge in [0, 0.05) is 32.7 Å². The largest absolute Gasteiger partial charge is 0.433 e. The summed E-state index contributed by atoms with van der Waals surface area (Å²) in [4.78, 5) is 6.36. The first-order chi connectivity index (χ1) is 13.6. The third-order valence-corrected chi connectivity index (χ3v) is 4.88. The van der Waals surface area contributed by atoms with Gasteiger partial charge in [0.05, 0.1) is 5.69 Å². The molecule has 1 fully saturated rings. The summed E-state index contributed by atoms with van der Waals surface area (Å²) < 4.78 is 30.0. The standard InChI is InChI=1S/C21H26F2N4O.HI/c1-15-7-3-4-8-16(15)13-25-21(24-2)26-17-11-12-27(14-17)18-9-5-6-10-19(18)28-20(22)23;/h3-10,17,20H,11-14H2,1-2H3,(H2,24,25,26);1H. The molecule has 2 aromatic carbocycles. The molecule has 8 heteroatoms. The van der Waals surface area contributed by atoms with Crippen LogP contribution in [-0.4, -0.2) is 38.8 Å². The Morgan fingerprint density at radius 3 is 2.66 bits per heavy atom. The topological polar surface area (TPSA) is 48.9 Å². The molecule has 0 saturated carbocycles. The number of aliphatic imine (C=N–C) groups is 1. The van der Waals surface area contributed by atoms with E-state index in [1.165, 1.54) is 11.1 Å². The van der Waals surface area contributed by atoms with Gasteiger partial charge in [-0.2, -0.15) is 8.78 Å². The fourth-order valence-electron chi connectivity index (χ4n) is 3.39. The molecule has 0 spiro atoms. The highest BCUT2D eigenvalue weighted by atomic mass is 127.